The maximum absolute atomic E-state index is 11.9. The van der Waals surface area contributed by atoms with Gasteiger partial charge in [0, 0.05) is 6.04 Å². The topological polar surface area (TPSA) is 35.2 Å². The van der Waals surface area contributed by atoms with E-state index in [1.807, 2.05) is 0 Å². The molecule has 0 aliphatic carbocycles. The molecule has 0 amide bonds. The second kappa shape index (κ2) is 4.40. The summed E-state index contributed by atoms with van der Waals surface area (Å²) in [6.07, 6.45) is -4.68. The molecular formula is C9H9BrF3NO. The van der Waals surface area contributed by atoms with Gasteiger partial charge in [-0.1, -0.05) is 6.07 Å². The highest BCUT2D eigenvalue weighted by Crippen LogP contribution is 2.31. The lowest BCUT2D eigenvalue weighted by Crippen LogP contribution is -2.17. The summed E-state index contributed by atoms with van der Waals surface area (Å²) in [4.78, 5) is 0. The Balaban J connectivity index is 2.94. The molecule has 1 rings (SSSR count). The van der Waals surface area contributed by atoms with E-state index in [0.29, 0.717) is 0 Å². The highest BCUT2D eigenvalue weighted by Gasteiger charge is 2.31. The van der Waals surface area contributed by atoms with Crippen LogP contribution in [0, 0.1) is 0 Å². The molecule has 15 heavy (non-hydrogen) atoms. The molecule has 0 spiro atoms. The van der Waals surface area contributed by atoms with Crippen molar-refractivity contribution in [3.63, 3.8) is 0 Å². The van der Waals surface area contributed by atoms with Crippen LogP contribution in [0.2, 0.25) is 0 Å². The minimum atomic E-state index is -4.68. The first-order valence-corrected chi connectivity index (χ1v) is 4.89. The Morgan fingerprint density at radius 3 is 2.40 bits per heavy atom. The van der Waals surface area contributed by atoms with E-state index in [2.05, 4.69) is 20.7 Å². The van der Waals surface area contributed by atoms with Gasteiger partial charge >= 0.3 is 6.36 Å². The SMILES string of the molecule is CC(N)c1ccc(OC(F)(F)F)c(Br)c1. The van der Waals surface area contributed by atoms with E-state index in [4.69, 9.17) is 5.73 Å². The van der Waals surface area contributed by atoms with Crippen molar-refractivity contribution in [1.29, 1.82) is 0 Å². The summed E-state index contributed by atoms with van der Waals surface area (Å²) in [6.45, 7) is 1.74. The molecule has 2 N–H and O–H groups in total. The molecule has 6 heteroatoms. The van der Waals surface area contributed by atoms with Crippen LogP contribution < -0.4 is 10.5 Å². The zero-order valence-corrected chi connectivity index (χ0v) is 9.39. The Kier molecular flexibility index (Phi) is 3.62. The van der Waals surface area contributed by atoms with Crippen LogP contribution in [0.15, 0.2) is 22.7 Å². The monoisotopic (exact) mass is 283 g/mol. The highest BCUT2D eigenvalue weighted by molar-refractivity contribution is 9.10. The summed E-state index contributed by atoms with van der Waals surface area (Å²) in [5, 5.41) is 0. The molecule has 0 aromatic heterocycles. The van der Waals surface area contributed by atoms with Crippen LogP contribution in [0.25, 0.3) is 0 Å². The number of halogens is 4. The van der Waals surface area contributed by atoms with E-state index in [-0.39, 0.29) is 16.3 Å². The van der Waals surface area contributed by atoms with Crippen molar-refractivity contribution in [1.82, 2.24) is 0 Å². The normalized spacial score (nSPS) is 13.7. The average Bonchev–Trinajstić information content (AvgIpc) is 2.05. The van der Waals surface area contributed by atoms with Gasteiger partial charge in [0.25, 0.3) is 0 Å². The van der Waals surface area contributed by atoms with Gasteiger partial charge in [0.1, 0.15) is 5.75 Å². The largest absolute Gasteiger partial charge is 0.573 e. The molecular weight excluding hydrogens is 275 g/mol. The molecule has 2 nitrogen and oxygen atoms in total. The van der Waals surface area contributed by atoms with Crippen LogP contribution >= 0.6 is 15.9 Å². The first-order chi connectivity index (χ1) is 6.79. The van der Waals surface area contributed by atoms with E-state index in [1.54, 1.807) is 6.92 Å². The molecule has 0 bridgehead atoms. The lowest BCUT2D eigenvalue weighted by molar-refractivity contribution is -0.274. The molecule has 1 atom stereocenters. The molecule has 1 aromatic carbocycles. The summed E-state index contributed by atoms with van der Waals surface area (Å²) in [7, 11) is 0. The predicted octanol–water partition coefficient (Wildman–Crippen LogP) is 3.37. The fourth-order valence-corrected chi connectivity index (χ4v) is 1.49. The summed E-state index contributed by atoms with van der Waals surface area (Å²) in [5.41, 5.74) is 6.31. The van der Waals surface area contributed by atoms with Gasteiger partial charge < -0.3 is 10.5 Å². The zero-order chi connectivity index (χ0) is 11.6. The quantitative estimate of drug-likeness (QED) is 0.903. The molecule has 1 aromatic rings. The molecule has 0 saturated heterocycles. The van der Waals surface area contributed by atoms with Gasteiger partial charge in [0.2, 0.25) is 0 Å². The van der Waals surface area contributed by atoms with Gasteiger partial charge in [-0.05, 0) is 40.5 Å². The van der Waals surface area contributed by atoms with Crippen molar-refractivity contribution in [2.24, 2.45) is 5.73 Å². The Bertz CT molecular complexity index is 352. The number of rotatable bonds is 2. The number of alkyl halides is 3. The fourth-order valence-electron chi connectivity index (χ4n) is 1.01. The van der Waals surface area contributed by atoms with Gasteiger partial charge in [-0.2, -0.15) is 0 Å². The van der Waals surface area contributed by atoms with Crippen molar-refractivity contribution in [2.45, 2.75) is 19.3 Å². The Morgan fingerprint density at radius 2 is 2.00 bits per heavy atom. The maximum atomic E-state index is 11.9. The smallest absolute Gasteiger partial charge is 0.405 e. The number of hydrogen-bond donors (Lipinski definition) is 1. The van der Waals surface area contributed by atoms with Crippen LogP contribution in [0.3, 0.4) is 0 Å². The highest BCUT2D eigenvalue weighted by atomic mass is 79.9. The third-order valence-electron chi connectivity index (χ3n) is 1.71. The summed E-state index contributed by atoms with van der Waals surface area (Å²) < 4.78 is 39.7. The molecule has 0 fully saturated rings. The van der Waals surface area contributed by atoms with E-state index < -0.39 is 6.36 Å². The number of ether oxygens (including phenoxy) is 1. The third-order valence-corrected chi connectivity index (χ3v) is 2.33. The lowest BCUT2D eigenvalue weighted by atomic mass is 10.1. The standard InChI is InChI=1S/C9H9BrF3NO/c1-5(14)6-2-3-8(7(10)4-6)15-9(11,12)13/h2-5H,14H2,1H3. The van der Waals surface area contributed by atoms with Crippen LogP contribution in [-0.4, -0.2) is 6.36 Å². The van der Waals surface area contributed by atoms with Crippen LogP contribution in [0.1, 0.15) is 18.5 Å². The van der Waals surface area contributed by atoms with Crippen molar-refractivity contribution < 1.29 is 17.9 Å². The molecule has 0 radical (unpaired) electrons. The fraction of sp³-hybridized carbons (Fsp3) is 0.333. The average molecular weight is 284 g/mol. The van der Waals surface area contributed by atoms with E-state index in [1.165, 1.54) is 18.2 Å². The van der Waals surface area contributed by atoms with Crippen molar-refractivity contribution in [3.8, 4) is 5.75 Å². The van der Waals surface area contributed by atoms with E-state index in [9.17, 15) is 13.2 Å². The minimum Gasteiger partial charge on any atom is -0.405 e. The van der Waals surface area contributed by atoms with Gasteiger partial charge in [-0.15, -0.1) is 13.2 Å². The van der Waals surface area contributed by atoms with Gasteiger partial charge in [0.15, 0.2) is 0 Å². The van der Waals surface area contributed by atoms with E-state index >= 15 is 0 Å². The van der Waals surface area contributed by atoms with Crippen LogP contribution in [-0.2, 0) is 0 Å². The second-order valence-corrected chi connectivity index (χ2v) is 3.88. The van der Waals surface area contributed by atoms with Crippen molar-refractivity contribution >= 4 is 15.9 Å². The number of benzene rings is 1. The van der Waals surface area contributed by atoms with E-state index in [0.717, 1.165) is 5.56 Å². The molecule has 0 heterocycles. The third kappa shape index (κ3) is 3.71. The number of hydrogen-bond acceptors (Lipinski definition) is 2. The van der Waals surface area contributed by atoms with Gasteiger partial charge in [-0.25, -0.2) is 0 Å². The first kappa shape index (κ1) is 12.3. The molecule has 0 saturated carbocycles. The second-order valence-electron chi connectivity index (χ2n) is 3.03. The molecule has 0 aliphatic rings. The lowest BCUT2D eigenvalue weighted by Gasteiger charge is -2.12. The Labute approximate surface area is 93.3 Å². The predicted molar refractivity (Wildman–Crippen MR) is 53.4 cm³/mol. The maximum Gasteiger partial charge on any atom is 0.573 e. The minimum absolute atomic E-state index is 0.231. The summed E-state index contributed by atoms with van der Waals surface area (Å²) >= 11 is 2.99. The van der Waals surface area contributed by atoms with Crippen LogP contribution in [0.4, 0.5) is 13.2 Å². The molecule has 1 unspecified atom stereocenters. The zero-order valence-electron chi connectivity index (χ0n) is 7.81. The molecule has 0 aliphatic heterocycles. The van der Waals surface area contributed by atoms with Crippen molar-refractivity contribution in [2.75, 3.05) is 0 Å². The number of nitrogens with two attached hydrogens (primary N) is 1. The Morgan fingerprint density at radius 1 is 1.40 bits per heavy atom. The Hall–Kier alpha value is -0.750. The van der Waals surface area contributed by atoms with Gasteiger partial charge in [0.05, 0.1) is 4.47 Å². The first-order valence-electron chi connectivity index (χ1n) is 4.10. The van der Waals surface area contributed by atoms with Crippen LogP contribution in [0.5, 0.6) is 5.75 Å². The van der Waals surface area contributed by atoms with Gasteiger partial charge in [-0.3, -0.25) is 0 Å². The summed E-state index contributed by atoms with van der Waals surface area (Å²) in [5.74, 6) is -0.271. The summed E-state index contributed by atoms with van der Waals surface area (Å²) in [6, 6.07) is 4.00. The molecule has 84 valence electrons. The van der Waals surface area contributed by atoms with Crippen molar-refractivity contribution in [3.05, 3.63) is 28.2 Å².